The molecule has 0 spiro atoms. The molecule has 0 aliphatic heterocycles. The molecule has 1 unspecified atom stereocenters. The highest BCUT2D eigenvalue weighted by atomic mass is 16.5. The van der Waals surface area contributed by atoms with Crippen molar-refractivity contribution in [1.29, 1.82) is 0 Å². The Bertz CT molecular complexity index is 208. The number of amides is 1. The summed E-state index contributed by atoms with van der Waals surface area (Å²) in [6.07, 6.45) is 8.37. The van der Waals surface area contributed by atoms with Crippen molar-refractivity contribution >= 4 is 5.91 Å². The fraction of sp³-hybridized carbons (Fsp3) is 0.750. The van der Waals surface area contributed by atoms with E-state index in [4.69, 9.17) is 11.2 Å². The van der Waals surface area contributed by atoms with Gasteiger partial charge < -0.3 is 10.1 Å². The molecule has 0 bridgehead atoms. The van der Waals surface area contributed by atoms with Gasteiger partial charge in [0.15, 0.2) is 0 Å². The Balaban J connectivity index is 3.37. The monoisotopic (exact) mass is 211 g/mol. The third kappa shape index (κ3) is 9.30. The van der Waals surface area contributed by atoms with Crippen molar-refractivity contribution in [2.45, 2.75) is 32.6 Å². The van der Waals surface area contributed by atoms with Crippen molar-refractivity contribution in [1.82, 2.24) is 5.32 Å². The maximum absolute atomic E-state index is 11.4. The van der Waals surface area contributed by atoms with Gasteiger partial charge in [-0.2, -0.15) is 0 Å². The molecule has 15 heavy (non-hydrogen) atoms. The average Bonchev–Trinajstić information content (AvgIpc) is 2.17. The van der Waals surface area contributed by atoms with Crippen molar-refractivity contribution in [2.24, 2.45) is 5.92 Å². The highest BCUT2D eigenvalue weighted by Gasteiger charge is 2.07. The van der Waals surface area contributed by atoms with E-state index in [1.165, 1.54) is 0 Å². The SMILES string of the molecule is C#CCCCCNC(=O)CC(C)COC. The predicted octanol–water partition coefficient (Wildman–Crippen LogP) is 1.58. The molecule has 0 radical (unpaired) electrons. The first-order chi connectivity index (χ1) is 7.20. The minimum absolute atomic E-state index is 0.0975. The molecule has 3 heteroatoms. The molecule has 1 atom stereocenters. The van der Waals surface area contributed by atoms with E-state index in [0.29, 0.717) is 13.0 Å². The number of rotatable bonds is 8. The molecule has 0 saturated carbocycles. The van der Waals surface area contributed by atoms with Crippen molar-refractivity contribution in [3.8, 4) is 12.3 Å². The molecule has 0 aromatic heterocycles. The highest BCUT2D eigenvalue weighted by molar-refractivity contribution is 5.76. The number of carbonyl (C=O) groups excluding carboxylic acids is 1. The van der Waals surface area contributed by atoms with Gasteiger partial charge in [0.25, 0.3) is 0 Å². The molecule has 0 saturated heterocycles. The molecule has 0 aromatic carbocycles. The molecule has 0 fully saturated rings. The summed E-state index contributed by atoms with van der Waals surface area (Å²) in [5.41, 5.74) is 0. The summed E-state index contributed by atoms with van der Waals surface area (Å²) >= 11 is 0. The standard InChI is InChI=1S/C12H21NO2/c1-4-5-6-7-8-13-12(14)9-11(2)10-15-3/h1,11H,5-10H2,2-3H3,(H,13,14). The molecule has 0 heterocycles. The number of terminal acetylenes is 1. The van der Waals surface area contributed by atoms with Crippen LogP contribution in [0.2, 0.25) is 0 Å². The lowest BCUT2D eigenvalue weighted by atomic mass is 10.1. The third-order valence-electron chi connectivity index (χ3n) is 2.06. The van der Waals surface area contributed by atoms with E-state index in [1.807, 2.05) is 6.92 Å². The zero-order valence-corrected chi connectivity index (χ0v) is 9.71. The Morgan fingerprint density at radius 2 is 2.27 bits per heavy atom. The number of carbonyl (C=O) groups is 1. The van der Waals surface area contributed by atoms with Gasteiger partial charge in [0.2, 0.25) is 5.91 Å². The fourth-order valence-electron chi connectivity index (χ4n) is 1.31. The number of hydrogen-bond acceptors (Lipinski definition) is 2. The van der Waals surface area contributed by atoms with Gasteiger partial charge in [-0.25, -0.2) is 0 Å². The summed E-state index contributed by atoms with van der Waals surface area (Å²) in [7, 11) is 1.65. The Morgan fingerprint density at radius 1 is 1.53 bits per heavy atom. The Morgan fingerprint density at radius 3 is 2.87 bits per heavy atom. The van der Waals surface area contributed by atoms with Crippen LogP contribution in [0.1, 0.15) is 32.6 Å². The van der Waals surface area contributed by atoms with Crippen molar-refractivity contribution in [3.63, 3.8) is 0 Å². The summed E-state index contributed by atoms with van der Waals surface area (Å²) < 4.78 is 4.96. The van der Waals surface area contributed by atoms with E-state index < -0.39 is 0 Å². The molecule has 0 aromatic rings. The predicted molar refractivity (Wildman–Crippen MR) is 61.4 cm³/mol. The van der Waals surface area contributed by atoms with Crippen LogP contribution in [0.5, 0.6) is 0 Å². The first kappa shape index (κ1) is 14.0. The van der Waals surface area contributed by atoms with E-state index in [0.717, 1.165) is 25.8 Å². The summed E-state index contributed by atoms with van der Waals surface area (Å²) in [5.74, 6) is 2.95. The van der Waals surface area contributed by atoms with Crippen LogP contribution in [0.3, 0.4) is 0 Å². The number of unbranched alkanes of at least 4 members (excludes halogenated alkanes) is 2. The van der Waals surface area contributed by atoms with Gasteiger partial charge in [0.1, 0.15) is 0 Å². The molecule has 1 amide bonds. The Kier molecular flexibility index (Phi) is 8.90. The topological polar surface area (TPSA) is 38.3 Å². The fourth-order valence-corrected chi connectivity index (χ4v) is 1.31. The third-order valence-corrected chi connectivity index (χ3v) is 2.06. The maximum atomic E-state index is 11.4. The second kappa shape index (κ2) is 9.54. The molecule has 0 aliphatic carbocycles. The van der Waals surface area contributed by atoms with Gasteiger partial charge in [-0.1, -0.05) is 6.92 Å². The summed E-state index contributed by atoms with van der Waals surface area (Å²) in [6.45, 7) is 3.35. The zero-order chi connectivity index (χ0) is 11.5. The number of nitrogens with one attached hydrogen (secondary N) is 1. The van der Waals surface area contributed by atoms with Crippen molar-refractivity contribution in [2.75, 3.05) is 20.3 Å². The van der Waals surface area contributed by atoms with E-state index in [2.05, 4.69) is 11.2 Å². The van der Waals surface area contributed by atoms with Crippen LogP contribution < -0.4 is 5.32 Å². The largest absolute Gasteiger partial charge is 0.384 e. The summed E-state index contributed by atoms with van der Waals surface area (Å²) in [6, 6.07) is 0. The lowest BCUT2D eigenvalue weighted by molar-refractivity contribution is -0.122. The Labute approximate surface area is 92.6 Å². The molecule has 3 nitrogen and oxygen atoms in total. The maximum Gasteiger partial charge on any atom is 0.220 e. The minimum Gasteiger partial charge on any atom is -0.384 e. The van der Waals surface area contributed by atoms with Crippen molar-refractivity contribution in [3.05, 3.63) is 0 Å². The number of hydrogen-bond donors (Lipinski definition) is 1. The summed E-state index contributed by atoms with van der Waals surface area (Å²) in [4.78, 5) is 11.4. The molecule has 1 N–H and O–H groups in total. The zero-order valence-electron chi connectivity index (χ0n) is 9.71. The van der Waals surface area contributed by atoms with Crippen LogP contribution in [-0.4, -0.2) is 26.2 Å². The lowest BCUT2D eigenvalue weighted by Crippen LogP contribution is -2.26. The van der Waals surface area contributed by atoms with Gasteiger partial charge in [-0.05, 0) is 18.8 Å². The number of ether oxygens (including phenoxy) is 1. The normalized spacial score (nSPS) is 11.8. The van der Waals surface area contributed by atoms with Gasteiger partial charge in [0, 0.05) is 33.1 Å². The van der Waals surface area contributed by atoms with Gasteiger partial charge in [-0.3, -0.25) is 4.79 Å². The molecular weight excluding hydrogens is 190 g/mol. The van der Waals surface area contributed by atoms with E-state index in [-0.39, 0.29) is 11.8 Å². The van der Waals surface area contributed by atoms with Crippen molar-refractivity contribution < 1.29 is 9.53 Å². The highest BCUT2D eigenvalue weighted by Crippen LogP contribution is 2.01. The van der Waals surface area contributed by atoms with Crippen LogP contribution in [0, 0.1) is 18.3 Å². The smallest absolute Gasteiger partial charge is 0.220 e. The summed E-state index contributed by atoms with van der Waals surface area (Å²) in [5, 5.41) is 2.87. The molecular formula is C12H21NO2. The Hall–Kier alpha value is -1.01. The first-order valence-electron chi connectivity index (χ1n) is 5.39. The molecule has 0 aliphatic rings. The van der Waals surface area contributed by atoms with E-state index in [9.17, 15) is 4.79 Å². The average molecular weight is 211 g/mol. The second-order valence-electron chi connectivity index (χ2n) is 3.78. The van der Waals surface area contributed by atoms with Gasteiger partial charge in [-0.15, -0.1) is 12.3 Å². The molecule has 0 rings (SSSR count). The van der Waals surface area contributed by atoms with Crippen LogP contribution in [0.4, 0.5) is 0 Å². The van der Waals surface area contributed by atoms with Crippen LogP contribution in [0.25, 0.3) is 0 Å². The quantitative estimate of drug-likeness (QED) is 0.489. The van der Waals surface area contributed by atoms with Gasteiger partial charge >= 0.3 is 0 Å². The second-order valence-corrected chi connectivity index (χ2v) is 3.78. The van der Waals surface area contributed by atoms with E-state index >= 15 is 0 Å². The minimum atomic E-state index is 0.0975. The molecule has 86 valence electrons. The van der Waals surface area contributed by atoms with Crippen LogP contribution in [-0.2, 0) is 9.53 Å². The van der Waals surface area contributed by atoms with Gasteiger partial charge in [0.05, 0.1) is 0 Å². The van der Waals surface area contributed by atoms with Crippen LogP contribution in [0.15, 0.2) is 0 Å². The first-order valence-corrected chi connectivity index (χ1v) is 5.39. The number of methoxy groups -OCH3 is 1. The lowest BCUT2D eigenvalue weighted by Gasteiger charge is -2.10. The van der Waals surface area contributed by atoms with E-state index in [1.54, 1.807) is 7.11 Å². The van der Waals surface area contributed by atoms with Crippen LogP contribution >= 0.6 is 0 Å².